The first kappa shape index (κ1) is 16.3. The van der Waals surface area contributed by atoms with Crippen LogP contribution in [-0.2, 0) is 9.05 Å². The third-order valence-electron chi connectivity index (χ3n) is 1.95. The van der Waals surface area contributed by atoms with Crippen LogP contribution in [0, 0.1) is 5.82 Å². The summed E-state index contributed by atoms with van der Waals surface area (Å²) in [5.41, 5.74) is -0.318. The number of rotatable bonds is 4. The van der Waals surface area contributed by atoms with Gasteiger partial charge in [-0.15, -0.1) is 0 Å². The van der Waals surface area contributed by atoms with Crippen LogP contribution < -0.4 is 5.32 Å². The molecule has 0 atom stereocenters. The Hall–Kier alpha value is -0.800. The summed E-state index contributed by atoms with van der Waals surface area (Å²) in [6, 6.07) is 1.38. The van der Waals surface area contributed by atoms with Crippen LogP contribution in [0.3, 0.4) is 0 Å². The second-order valence-corrected chi connectivity index (χ2v) is 6.69. The van der Waals surface area contributed by atoms with E-state index in [9.17, 15) is 26.4 Å². The monoisotopic (exact) mass is 379 g/mol. The Labute approximate surface area is 119 Å². The number of carbonyl (C=O) groups excluding carboxylic acids is 1. The first-order chi connectivity index (χ1) is 8.62. The molecule has 0 aliphatic rings. The Morgan fingerprint density at radius 1 is 1.42 bits per heavy atom. The van der Waals surface area contributed by atoms with Gasteiger partial charge in [-0.2, -0.15) is 0 Å². The molecule has 4 nitrogen and oxygen atoms in total. The zero-order valence-corrected chi connectivity index (χ0v) is 12.1. The second kappa shape index (κ2) is 6.10. The Kier molecular flexibility index (Phi) is 5.22. The van der Waals surface area contributed by atoms with Crippen molar-refractivity contribution < 1.29 is 26.4 Å². The average Bonchev–Trinajstić information content (AvgIpc) is 2.24. The van der Waals surface area contributed by atoms with E-state index in [1.54, 1.807) is 0 Å². The normalized spacial score (nSPS) is 11.7. The van der Waals surface area contributed by atoms with Gasteiger partial charge in [0.2, 0.25) is 0 Å². The smallest absolute Gasteiger partial charge is 0.264 e. The van der Waals surface area contributed by atoms with Gasteiger partial charge in [0.1, 0.15) is 10.7 Å². The highest BCUT2D eigenvalue weighted by molar-refractivity contribution is 9.10. The van der Waals surface area contributed by atoms with Crippen LogP contribution in [0.25, 0.3) is 0 Å². The standard InChI is InChI=1S/C9H6BrClF3NO3S/c10-5-2-6(12)7(19(11,17)18)1-4(5)9(16)15-3-8(13)14/h1-2,8H,3H2,(H,15,16). The lowest BCUT2D eigenvalue weighted by Crippen LogP contribution is -2.29. The highest BCUT2D eigenvalue weighted by Gasteiger charge is 2.22. The molecule has 1 aromatic rings. The number of hydrogen-bond donors (Lipinski definition) is 1. The van der Waals surface area contributed by atoms with Crippen molar-refractivity contribution in [3.05, 3.63) is 28.0 Å². The summed E-state index contributed by atoms with van der Waals surface area (Å²) >= 11 is 2.83. The van der Waals surface area contributed by atoms with Crippen molar-refractivity contribution in [1.29, 1.82) is 0 Å². The number of amides is 1. The molecule has 1 N–H and O–H groups in total. The Morgan fingerprint density at radius 2 is 2.00 bits per heavy atom. The van der Waals surface area contributed by atoms with Gasteiger partial charge < -0.3 is 5.32 Å². The highest BCUT2D eigenvalue weighted by atomic mass is 79.9. The van der Waals surface area contributed by atoms with Crippen LogP contribution >= 0.6 is 26.6 Å². The minimum atomic E-state index is -4.39. The molecular weight excluding hydrogens is 375 g/mol. The van der Waals surface area contributed by atoms with Gasteiger partial charge in [-0.25, -0.2) is 21.6 Å². The molecule has 1 amide bonds. The Bertz CT molecular complexity index is 609. The number of hydrogen-bond acceptors (Lipinski definition) is 3. The molecule has 10 heteroatoms. The van der Waals surface area contributed by atoms with Crippen LogP contribution in [0.4, 0.5) is 13.2 Å². The molecular formula is C9H6BrClF3NO3S. The van der Waals surface area contributed by atoms with Crippen molar-refractivity contribution in [3.63, 3.8) is 0 Å². The summed E-state index contributed by atoms with van der Waals surface area (Å²) in [6.07, 6.45) is -2.76. The summed E-state index contributed by atoms with van der Waals surface area (Å²) in [5, 5.41) is 1.86. The van der Waals surface area contributed by atoms with Crippen LogP contribution in [-0.4, -0.2) is 27.3 Å². The molecule has 0 saturated heterocycles. The Balaban J connectivity index is 3.19. The molecule has 0 aliphatic heterocycles. The fourth-order valence-corrected chi connectivity index (χ4v) is 2.56. The number of alkyl halides is 2. The van der Waals surface area contributed by atoms with E-state index in [0.717, 1.165) is 0 Å². The third kappa shape index (κ3) is 4.36. The SMILES string of the molecule is O=C(NCC(F)F)c1cc(S(=O)(=O)Cl)c(F)cc1Br. The molecule has 0 spiro atoms. The zero-order chi connectivity index (χ0) is 14.8. The first-order valence-corrected chi connectivity index (χ1v) is 7.73. The van der Waals surface area contributed by atoms with Crippen molar-refractivity contribution in [3.8, 4) is 0 Å². The van der Waals surface area contributed by atoms with Crippen LogP contribution in [0.1, 0.15) is 10.4 Å². The van der Waals surface area contributed by atoms with Crippen molar-refractivity contribution in [2.75, 3.05) is 6.54 Å². The number of halogens is 5. The van der Waals surface area contributed by atoms with Gasteiger partial charge in [-0.1, -0.05) is 0 Å². The minimum Gasteiger partial charge on any atom is -0.346 e. The summed E-state index contributed by atoms with van der Waals surface area (Å²) in [4.78, 5) is 10.6. The van der Waals surface area contributed by atoms with E-state index in [2.05, 4.69) is 15.9 Å². The molecule has 0 aromatic heterocycles. The topological polar surface area (TPSA) is 63.2 Å². The van der Waals surface area contributed by atoms with Gasteiger partial charge in [-0.05, 0) is 28.1 Å². The zero-order valence-electron chi connectivity index (χ0n) is 8.96. The van der Waals surface area contributed by atoms with Gasteiger partial charge in [-0.3, -0.25) is 4.79 Å². The number of carbonyl (C=O) groups is 1. The molecule has 0 radical (unpaired) electrons. The predicted octanol–water partition coefficient (Wildman–Crippen LogP) is 2.51. The van der Waals surface area contributed by atoms with E-state index in [0.29, 0.717) is 12.1 Å². The van der Waals surface area contributed by atoms with Crippen molar-refractivity contribution in [2.24, 2.45) is 0 Å². The van der Waals surface area contributed by atoms with Gasteiger partial charge in [0.15, 0.2) is 0 Å². The lowest BCUT2D eigenvalue weighted by molar-refractivity contribution is 0.0890. The molecule has 19 heavy (non-hydrogen) atoms. The quantitative estimate of drug-likeness (QED) is 0.817. The molecule has 0 aliphatic carbocycles. The highest BCUT2D eigenvalue weighted by Crippen LogP contribution is 2.26. The maximum Gasteiger partial charge on any atom is 0.264 e. The lowest BCUT2D eigenvalue weighted by Gasteiger charge is -2.08. The van der Waals surface area contributed by atoms with Crippen molar-refractivity contribution in [2.45, 2.75) is 11.3 Å². The molecule has 0 saturated carbocycles. The summed E-state index contributed by atoms with van der Waals surface area (Å²) in [6.45, 7) is -0.911. The second-order valence-electron chi connectivity index (χ2n) is 3.30. The van der Waals surface area contributed by atoms with Gasteiger partial charge in [0.25, 0.3) is 21.4 Å². The van der Waals surface area contributed by atoms with E-state index in [1.165, 1.54) is 0 Å². The fourth-order valence-electron chi connectivity index (χ4n) is 1.16. The van der Waals surface area contributed by atoms with Gasteiger partial charge >= 0.3 is 0 Å². The van der Waals surface area contributed by atoms with E-state index >= 15 is 0 Å². The minimum absolute atomic E-state index is 0.0826. The lowest BCUT2D eigenvalue weighted by atomic mass is 10.2. The van der Waals surface area contributed by atoms with E-state index in [1.807, 2.05) is 5.32 Å². The van der Waals surface area contributed by atoms with E-state index in [4.69, 9.17) is 10.7 Å². The first-order valence-electron chi connectivity index (χ1n) is 4.63. The van der Waals surface area contributed by atoms with Crippen molar-refractivity contribution in [1.82, 2.24) is 5.32 Å². The maximum absolute atomic E-state index is 13.4. The third-order valence-corrected chi connectivity index (χ3v) is 3.94. The molecule has 0 fully saturated rings. The molecule has 0 heterocycles. The van der Waals surface area contributed by atoms with E-state index < -0.39 is 38.6 Å². The van der Waals surface area contributed by atoms with Gasteiger partial charge in [0, 0.05) is 15.2 Å². The summed E-state index contributed by atoms with van der Waals surface area (Å²) in [7, 11) is 0.596. The fraction of sp³-hybridized carbons (Fsp3) is 0.222. The molecule has 0 unspecified atom stereocenters. The summed E-state index contributed by atoms with van der Waals surface area (Å²) < 4.78 is 59.3. The average molecular weight is 381 g/mol. The number of nitrogens with one attached hydrogen (secondary N) is 1. The van der Waals surface area contributed by atoms with Gasteiger partial charge in [0.05, 0.1) is 12.1 Å². The number of benzene rings is 1. The molecule has 106 valence electrons. The maximum atomic E-state index is 13.4. The van der Waals surface area contributed by atoms with Crippen LogP contribution in [0.5, 0.6) is 0 Å². The largest absolute Gasteiger partial charge is 0.346 e. The Morgan fingerprint density at radius 3 is 2.47 bits per heavy atom. The van der Waals surface area contributed by atoms with Crippen LogP contribution in [0.2, 0.25) is 0 Å². The molecule has 1 aromatic carbocycles. The molecule has 1 rings (SSSR count). The van der Waals surface area contributed by atoms with E-state index in [-0.39, 0.29) is 10.0 Å². The van der Waals surface area contributed by atoms with Crippen molar-refractivity contribution >= 4 is 41.6 Å². The van der Waals surface area contributed by atoms with Crippen LogP contribution in [0.15, 0.2) is 21.5 Å². The molecule has 0 bridgehead atoms. The predicted molar refractivity (Wildman–Crippen MR) is 65.5 cm³/mol. The summed E-state index contributed by atoms with van der Waals surface area (Å²) in [5.74, 6) is -2.14.